The summed E-state index contributed by atoms with van der Waals surface area (Å²) in [5.74, 6) is -1.14. The SMILES string of the molecule is CC(=O)N1CCC2C(CSc3ncn[nH]3)=C(C(=O)O)N3C(=O)[C@@H]1[C@@H]23. The molecule has 2 saturated heterocycles. The van der Waals surface area contributed by atoms with Crippen LogP contribution in [-0.4, -0.2) is 72.3 Å². The van der Waals surface area contributed by atoms with Gasteiger partial charge in [0.25, 0.3) is 5.91 Å². The second-order valence-corrected chi connectivity index (χ2v) is 6.97. The van der Waals surface area contributed by atoms with E-state index in [0.717, 1.165) is 5.57 Å². The Bertz CT molecular complexity index is 761. The number of nitrogens with one attached hydrogen (secondary N) is 1. The Morgan fingerprint density at radius 3 is 2.92 bits per heavy atom. The van der Waals surface area contributed by atoms with Gasteiger partial charge in [-0.2, -0.15) is 5.10 Å². The number of β-lactam (4-membered cyclic amide) rings is 1. The average Bonchev–Trinajstić information content (AvgIpc) is 3.15. The molecule has 1 unspecified atom stereocenters. The highest BCUT2D eigenvalue weighted by Gasteiger charge is 2.63. The lowest BCUT2D eigenvalue weighted by Crippen LogP contribution is -2.73. The van der Waals surface area contributed by atoms with Crippen LogP contribution in [-0.2, 0) is 14.4 Å². The maximum absolute atomic E-state index is 12.5. The first-order valence-corrected chi connectivity index (χ1v) is 8.54. The maximum Gasteiger partial charge on any atom is 0.352 e. The first kappa shape index (κ1) is 15.2. The number of nitrogens with zero attached hydrogens (tertiary/aromatic N) is 4. The minimum Gasteiger partial charge on any atom is -0.477 e. The van der Waals surface area contributed by atoms with E-state index in [4.69, 9.17) is 0 Å². The molecule has 0 spiro atoms. The third-order valence-corrected chi connectivity index (χ3v) is 5.82. The summed E-state index contributed by atoms with van der Waals surface area (Å²) in [5.41, 5.74) is 0.816. The van der Waals surface area contributed by atoms with Gasteiger partial charge in [-0.1, -0.05) is 11.8 Å². The second kappa shape index (κ2) is 5.33. The number of carbonyl (C=O) groups excluding carboxylic acids is 2. The van der Waals surface area contributed by atoms with Gasteiger partial charge in [0.15, 0.2) is 5.16 Å². The predicted molar refractivity (Wildman–Crippen MR) is 81.7 cm³/mol. The van der Waals surface area contributed by atoms with Crippen molar-refractivity contribution in [2.45, 2.75) is 30.6 Å². The van der Waals surface area contributed by atoms with Crippen LogP contribution in [0.5, 0.6) is 0 Å². The van der Waals surface area contributed by atoms with Gasteiger partial charge in [-0.05, 0) is 12.0 Å². The molecule has 0 saturated carbocycles. The minimum absolute atomic E-state index is 0.0233. The van der Waals surface area contributed by atoms with E-state index in [2.05, 4.69) is 15.2 Å². The number of thioether (sulfide) groups is 1. The van der Waals surface area contributed by atoms with Crippen molar-refractivity contribution in [3.8, 4) is 0 Å². The molecule has 4 heterocycles. The zero-order valence-corrected chi connectivity index (χ0v) is 13.6. The Morgan fingerprint density at radius 2 is 2.29 bits per heavy atom. The van der Waals surface area contributed by atoms with Gasteiger partial charge in [0.2, 0.25) is 5.91 Å². The van der Waals surface area contributed by atoms with E-state index in [9.17, 15) is 19.5 Å². The van der Waals surface area contributed by atoms with Crippen LogP contribution in [0.15, 0.2) is 22.8 Å². The number of carbonyl (C=O) groups is 3. The normalized spacial score (nSPS) is 28.0. The van der Waals surface area contributed by atoms with E-state index in [0.29, 0.717) is 23.9 Å². The summed E-state index contributed by atoms with van der Waals surface area (Å²) in [7, 11) is 0. The topological polar surface area (TPSA) is 119 Å². The maximum atomic E-state index is 12.5. The molecule has 2 amide bonds. The van der Waals surface area contributed by atoms with Gasteiger partial charge in [0.1, 0.15) is 18.1 Å². The van der Waals surface area contributed by atoms with Crippen molar-refractivity contribution in [2.24, 2.45) is 5.92 Å². The van der Waals surface area contributed by atoms with Crippen molar-refractivity contribution in [2.75, 3.05) is 12.3 Å². The molecule has 2 N–H and O–H groups in total. The summed E-state index contributed by atoms with van der Waals surface area (Å²) in [4.78, 5) is 42.9. The zero-order chi connectivity index (χ0) is 17.0. The largest absolute Gasteiger partial charge is 0.477 e. The van der Waals surface area contributed by atoms with E-state index in [1.807, 2.05) is 0 Å². The molecule has 0 aromatic carbocycles. The molecule has 0 radical (unpaired) electrons. The Morgan fingerprint density at radius 1 is 1.50 bits per heavy atom. The van der Waals surface area contributed by atoms with Gasteiger partial charge in [-0.15, -0.1) is 0 Å². The van der Waals surface area contributed by atoms with Crippen LogP contribution in [0.2, 0.25) is 0 Å². The van der Waals surface area contributed by atoms with E-state index in [1.165, 1.54) is 29.9 Å². The second-order valence-electron chi connectivity index (χ2n) is 6.01. The average molecular weight is 349 g/mol. The molecule has 126 valence electrons. The molecule has 24 heavy (non-hydrogen) atoms. The van der Waals surface area contributed by atoms with Crippen LogP contribution < -0.4 is 0 Å². The quantitative estimate of drug-likeness (QED) is 0.565. The van der Waals surface area contributed by atoms with Gasteiger partial charge < -0.3 is 10.0 Å². The predicted octanol–water partition coefficient (Wildman–Crippen LogP) is -0.303. The Kier molecular flexibility index (Phi) is 3.37. The minimum atomic E-state index is -1.10. The fourth-order valence-electron chi connectivity index (χ4n) is 3.95. The summed E-state index contributed by atoms with van der Waals surface area (Å²) in [6, 6.07) is -0.769. The fourth-order valence-corrected chi connectivity index (χ4v) is 4.83. The van der Waals surface area contributed by atoms with Gasteiger partial charge >= 0.3 is 5.97 Å². The number of piperidine rings is 1. The Hall–Kier alpha value is -2.36. The molecule has 0 aliphatic carbocycles. The fraction of sp³-hybridized carbons (Fsp3) is 0.500. The smallest absolute Gasteiger partial charge is 0.352 e. The molecular weight excluding hydrogens is 334 g/mol. The number of amides is 2. The molecule has 9 nitrogen and oxygen atoms in total. The van der Waals surface area contributed by atoms with E-state index in [-0.39, 0.29) is 29.5 Å². The van der Waals surface area contributed by atoms with Crippen LogP contribution in [0.4, 0.5) is 0 Å². The molecule has 3 atom stereocenters. The lowest BCUT2D eigenvalue weighted by atomic mass is 9.78. The van der Waals surface area contributed by atoms with Crippen LogP contribution in [0.1, 0.15) is 13.3 Å². The summed E-state index contributed by atoms with van der Waals surface area (Å²) in [5, 5.41) is 16.7. The monoisotopic (exact) mass is 349 g/mol. The number of hydrogen-bond acceptors (Lipinski definition) is 6. The molecule has 4 rings (SSSR count). The lowest BCUT2D eigenvalue weighted by molar-refractivity contribution is -0.168. The van der Waals surface area contributed by atoms with Gasteiger partial charge in [0.05, 0.1) is 6.04 Å². The molecule has 1 aromatic heterocycles. The third-order valence-electron chi connectivity index (χ3n) is 4.90. The Balaban J connectivity index is 1.65. The molecule has 2 fully saturated rings. The van der Waals surface area contributed by atoms with Gasteiger partial charge in [-0.25, -0.2) is 9.78 Å². The first-order chi connectivity index (χ1) is 11.5. The number of aliphatic carboxylic acids is 1. The van der Waals surface area contributed by atoms with Crippen LogP contribution >= 0.6 is 11.8 Å². The number of rotatable bonds is 4. The van der Waals surface area contributed by atoms with Crippen LogP contribution in [0.3, 0.4) is 0 Å². The van der Waals surface area contributed by atoms with Crippen molar-refractivity contribution < 1.29 is 19.5 Å². The molecule has 1 aromatic rings. The third kappa shape index (κ3) is 1.98. The lowest BCUT2D eigenvalue weighted by Gasteiger charge is -2.53. The number of carboxylic acid groups (broad SMARTS) is 1. The molecule has 3 aliphatic rings. The van der Waals surface area contributed by atoms with Crippen LogP contribution in [0.25, 0.3) is 0 Å². The number of hydrogen-bond donors (Lipinski definition) is 2. The van der Waals surface area contributed by atoms with E-state index in [1.54, 1.807) is 4.90 Å². The summed E-state index contributed by atoms with van der Waals surface area (Å²) >= 11 is 1.36. The number of aromatic nitrogens is 3. The van der Waals surface area contributed by atoms with Crippen molar-refractivity contribution in [3.05, 3.63) is 17.6 Å². The first-order valence-electron chi connectivity index (χ1n) is 7.55. The van der Waals surface area contributed by atoms with Crippen molar-refractivity contribution in [1.82, 2.24) is 25.0 Å². The zero-order valence-electron chi connectivity index (χ0n) is 12.8. The molecule has 10 heteroatoms. The highest BCUT2D eigenvalue weighted by atomic mass is 32.2. The Labute approximate surface area is 141 Å². The number of carboxylic acids is 1. The molecule has 0 bridgehead atoms. The molecular formula is C14H15N5O4S. The highest BCUT2D eigenvalue weighted by Crippen LogP contribution is 2.49. The number of aromatic amines is 1. The van der Waals surface area contributed by atoms with Gasteiger partial charge in [0, 0.05) is 25.1 Å². The standard InChI is InChI=1S/C14H15N5O4S/c1-6(20)18-3-2-7-8(4-24-14-15-5-16-17-14)10(13(22)23)19-9(7)11(18)12(19)21/h5,7,9,11H,2-4H2,1H3,(H,22,23)(H,15,16,17)/t7?,9-,11+/m1/s1. The molecule has 3 aliphatic heterocycles. The van der Waals surface area contributed by atoms with E-state index < -0.39 is 12.0 Å². The summed E-state index contributed by atoms with van der Waals surface area (Å²) in [6.07, 6.45) is 2.05. The number of likely N-dealkylation sites (tertiary alicyclic amines) is 1. The number of H-pyrrole nitrogens is 1. The van der Waals surface area contributed by atoms with Crippen LogP contribution in [0, 0.1) is 5.92 Å². The van der Waals surface area contributed by atoms with Crippen molar-refractivity contribution >= 4 is 29.5 Å². The summed E-state index contributed by atoms with van der Waals surface area (Å²) in [6.45, 7) is 1.92. The van der Waals surface area contributed by atoms with Gasteiger partial charge in [-0.3, -0.25) is 19.6 Å². The van der Waals surface area contributed by atoms with E-state index >= 15 is 0 Å². The summed E-state index contributed by atoms with van der Waals surface area (Å²) < 4.78 is 0. The van der Waals surface area contributed by atoms with Crippen molar-refractivity contribution in [3.63, 3.8) is 0 Å². The highest BCUT2D eigenvalue weighted by molar-refractivity contribution is 7.99. The van der Waals surface area contributed by atoms with Crippen molar-refractivity contribution in [1.29, 1.82) is 0 Å².